The second-order valence-corrected chi connectivity index (χ2v) is 1.58. The van der Waals surface area contributed by atoms with Gasteiger partial charge in [-0.2, -0.15) is 0 Å². The van der Waals surface area contributed by atoms with Gasteiger partial charge in [0, 0.05) is 6.20 Å². The molecule has 0 saturated heterocycles. The van der Waals surface area contributed by atoms with E-state index in [1.165, 1.54) is 6.20 Å². The molecular weight excluding hydrogens is 143 g/mol. The van der Waals surface area contributed by atoms with Crippen LogP contribution in [-0.4, -0.2) is 28.3 Å². The molecule has 0 bridgehead atoms. The van der Waals surface area contributed by atoms with Crippen molar-refractivity contribution in [3.8, 4) is 0 Å². The van der Waals surface area contributed by atoms with Crippen LogP contribution < -0.4 is 5.73 Å². The third-order valence-electron chi connectivity index (χ3n) is 0.917. The van der Waals surface area contributed by atoms with Crippen molar-refractivity contribution in [3.05, 3.63) is 30.1 Å². The molecule has 10 heavy (non-hydrogen) atoms. The summed E-state index contributed by atoms with van der Waals surface area (Å²) in [6, 6.07) is 5.02. The van der Waals surface area contributed by atoms with Gasteiger partial charge in [-0.15, -0.1) is 0 Å². The van der Waals surface area contributed by atoms with Gasteiger partial charge in [0.05, 0.1) is 0 Å². The normalized spacial score (nSPS) is 8.00. The Bertz CT molecular complexity index is 212. The quantitative estimate of drug-likeness (QED) is 0.524. The molecular formula is C6H9AlN2O. The maximum absolute atomic E-state index is 10.4. The maximum Gasteiger partial charge on any atom is 0.267 e. The predicted molar refractivity (Wildman–Crippen MR) is 42.7 cm³/mol. The Hall–Kier alpha value is -0.848. The van der Waals surface area contributed by atoms with E-state index in [4.69, 9.17) is 5.73 Å². The van der Waals surface area contributed by atoms with E-state index in [1.807, 2.05) is 0 Å². The zero-order chi connectivity index (χ0) is 6.69. The van der Waals surface area contributed by atoms with E-state index >= 15 is 0 Å². The van der Waals surface area contributed by atoms with Crippen molar-refractivity contribution in [2.75, 3.05) is 0 Å². The largest absolute Gasteiger partial charge is 0.364 e. The summed E-state index contributed by atoms with van der Waals surface area (Å²) in [7, 11) is 0. The Kier molecular flexibility index (Phi) is 3.70. The van der Waals surface area contributed by atoms with Gasteiger partial charge in [0.15, 0.2) is 17.4 Å². The number of nitrogens with two attached hydrogens (primary N) is 1. The standard InChI is InChI=1S/C6H6N2O.Al.3H/c7-6(9)5-3-1-2-4-8-5;;;;/h1-4H,(H2,7,9);;;;. The molecule has 1 aromatic heterocycles. The molecule has 0 fully saturated rings. The molecule has 0 radical (unpaired) electrons. The molecule has 2 N–H and O–H groups in total. The van der Waals surface area contributed by atoms with Crippen LogP contribution in [0.3, 0.4) is 0 Å². The number of aromatic nitrogens is 1. The van der Waals surface area contributed by atoms with E-state index in [0.29, 0.717) is 5.69 Å². The first-order chi connectivity index (χ1) is 4.30. The number of carbonyl (C=O) groups is 1. The molecule has 0 atom stereocenters. The van der Waals surface area contributed by atoms with Crippen LogP contribution in [-0.2, 0) is 0 Å². The third-order valence-corrected chi connectivity index (χ3v) is 0.917. The van der Waals surface area contributed by atoms with Crippen LogP contribution in [0, 0.1) is 0 Å². The SMILES string of the molecule is NC(=O)c1ccccn1.[AlH3]. The zero-order valence-corrected chi connectivity index (χ0v) is 4.74. The lowest BCUT2D eigenvalue weighted by Crippen LogP contribution is -2.12. The Balaban J connectivity index is 0.000000810. The molecule has 52 valence electrons. The lowest BCUT2D eigenvalue weighted by Gasteiger charge is -1.88. The summed E-state index contributed by atoms with van der Waals surface area (Å²) in [5.74, 6) is -0.490. The smallest absolute Gasteiger partial charge is 0.267 e. The molecule has 1 rings (SSSR count). The minimum absolute atomic E-state index is 0. The fraction of sp³-hybridized carbons (Fsp3) is 0. The van der Waals surface area contributed by atoms with Gasteiger partial charge in [-0.25, -0.2) is 0 Å². The van der Waals surface area contributed by atoms with Crippen molar-refractivity contribution in [2.24, 2.45) is 5.73 Å². The summed E-state index contributed by atoms with van der Waals surface area (Å²) in [6.07, 6.45) is 1.53. The summed E-state index contributed by atoms with van der Waals surface area (Å²) >= 11 is 0. The van der Waals surface area contributed by atoms with E-state index in [-0.39, 0.29) is 17.4 Å². The van der Waals surface area contributed by atoms with Crippen LogP contribution in [0.25, 0.3) is 0 Å². The predicted octanol–water partition coefficient (Wildman–Crippen LogP) is -1.00. The Morgan fingerprint density at radius 3 is 2.50 bits per heavy atom. The van der Waals surface area contributed by atoms with Crippen molar-refractivity contribution in [2.45, 2.75) is 0 Å². The summed E-state index contributed by atoms with van der Waals surface area (Å²) in [6.45, 7) is 0. The van der Waals surface area contributed by atoms with Crippen LogP contribution in [0.5, 0.6) is 0 Å². The number of hydrogen-bond donors (Lipinski definition) is 1. The fourth-order valence-corrected chi connectivity index (χ4v) is 0.509. The van der Waals surface area contributed by atoms with Crippen LogP contribution in [0.15, 0.2) is 24.4 Å². The average Bonchev–Trinajstić information content (AvgIpc) is 1.90. The van der Waals surface area contributed by atoms with Crippen molar-refractivity contribution in [1.29, 1.82) is 0 Å². The molecule has 1 amide bonds. The number of pyridine rings is 1. The Labute approximate surface area is 69.4 Å². The number of carbonyl (C=O) groups excluding carboxylic acids is 1. The lowest BCUT2D eigenvalue weighted by molar-refractivity contribution is 0.0995. The lowest BCUT2D eigenvalue weighted by atomic mass is 10.3. The first-order valence-corrected chi connectivity index (χ1v) is 2.51. The summed E-state index contributed by atoms with van der Waals surface area (Å²) in [4.78, 5) is 14.1. The summed E-state index contributed by atoms with van der Waals surface area (Å²) in [5, 5.41) is 0. The van der Waals surface area contributed by atoms with Gasteiger partial charge in [-0.3, -0.25) is 9.78 Å². The monoisotopic (exact) mass is 152 g/mol. The number of hydrogen-bond acceptors (Lipinski definition) is 2. The first kappa shape index (κ1) is 9.15. The molecule has 0 saturated carbocycles. The number of amides is 1. The molecule has 0 aromatic carbocycles. The molecule has 0 aliphatic rings. The van der Waals surface area contributed by atoms with E-state index in [1.54, 1.807) is 18.2 Å². The van der Waals surface area contributed by atoms with Crippen LogP contribution in [0.2, 0.25) is 0 Å². The maximum atomic E-state index is 10.4. The number of rotatable bonds is 1. The van der Waals surface area contributed by atoms with E-state index in [2.05, 4.69) is 4.98 Å². The van der Waals surface area contributed by atoms with Gasteiger partial charge in [0.1, 0.15) is 5.69 Å². The molecule has 0 aliphatic carbocycles. The minimum atomic E-state index is -0.490. The highest BCUT2D eigenvalue weighted by Gasteiger charge is 1.95. The highest BCUT2D eigenvalue weighted by atomic mass is 27.0. The van der Waals surface area contributed by atoms with Gasteiger partial charge in [0.2, 0.25) is 0 Å². The third kappa shape index (κ3) is 2.18. The van der Waals surface area contributed by atoms with Crippen LogP contribution in [0.4, 0.5) is 0 Å². The Morgan fingerprint density at radius 1 is 1.50 bits per heavy atom. The van der Waals surface area contributed by atoms with Gasteiger partial charge in [-0.05, 0) is 12.1 Å². The van der Waals surface area contributed by atoms with Crippen molar-refractivity contribution < 1.29 is 4.79 Å². The van der Waals surface area contributed by atoms with Gasteiger partial charge < -0.3 is 5.73 Å². The van der Waals surface area contributed by atoms with E-state index < -0.39 is 5.91 Å². The Morgan fingerprint density at radius 2 is 2.20 bits per heavy atom. The molecule has 0 aliphatic heterocycles. The second kappa shape index (κ2) is 4.05. The van der Waals surface area contributed by atoms with Gasteiger partial charge >= 0.3 is 0 Å². The van der Waals surface area contributed by atoms with Gasteiger partial charge in [-0.1, -0.05) is 6.07 Å². The van der Waals surface area contributed by atoms with Crippen LogP contribution >= 0.6 is 0 Å². The summed E-state index contributed by atoms with van der Waals surface area (Å²) in [5.41, 5.74) is 5.22. The topological polar surface area (TPSA) is 56.0 Å². The zero-order valence-electron chi connectivity index (χ0n) is 4.74. The fourth-order valence-electron chi connectivity index (χ4n) is 0.509. The highest BCUT2D eigenvalue weighted by Crippen LogP contribution is 1.88. The summed E-state index contributed by atoms with van der Waals surface area (Å²) < 4.78 is 0. The first-order valence-electron chi connectivity index (χ1n) is 2.51. The average molecular weight is 152 g/mol. The molecule has 1 heterocycles. The number of nitrogens with zero attached hydrogens (tertiary/aromatic N) is 1. The highest BCUT2D eigenvalue weighted by molar-refractivity contribution is 5.90. The number of primary amides is 1. The molecule has 3 nitrogen and oxygen atoms in total. The van der Waals surface area contributed by atoms with Crippen molar-refractivity contribution in [3.63, 3.8) is 0 Å². The van der Waals surface area contributed by atoms with Crippen molar-refractivity contribution in [1.82, 2.24) is 4.98 Å². The van der Waals surface area contributed by atoms with Crippen LogP contribution in [0.1, 0.15) is 10.5 Å². The minimum Gasteiger partial charge on any atom is -0.364 e. The molecule has 0 unspecified atom stereocenters. The van der Waals surface area contributed by atoms with E-state index in [9.17, 15) is 4.79 Å². The molecule has 1 aromatic rings. The van der Waals surface area contributed by atoms with E-state index in [0.717, 1.165) is 0 Å². The van der Waals surface area contributed by atoms with Crippen molar-refractivity contribution >= 4 is 23.3 Å². The van der Waals surface area contributed by atoms with Gasteiger partial charge in [0.25, 0.3) is 5.91 Å². The molecule has 0 spiro atoms. The molecule has 4 heteroatoms. The second-order valence-electron chi connectivity index (χ2n) is 1.58.